The standard InChI is InChI=1S/C21H26N6O3/c1-4-5-8-30-18-13-24-15(12-25-18)16(28)9-14-6-7-23-17(10-14)21(2)11-19(29)27(3)20(22)26-21/h6-7,10,12-13H,4-5,8-9,11H2,1-3H3,(H2,22,26). The van der Waals surface area contributed by atoms with Crippen LogP contribution in [0.5, 0.6) is 5.88 Å². The van der Waals surface area contributed by atoms with Crippen molar-refractivity contribution in [3.63, 3.8) is 0 Å². The second-order valence-electron chi connectivity index (χ2n) is 7.46. The van der Waals surface area contributed by atoms with E-state index in [9.17, 15) is 9.59 Å². The monoisotopic (exact) mass is 410 g/mol. The van der Waals surface area contributed by atoms with Crippen molar-refractivity contribution in [1.29, 1.82) is 0 Å². The highest BCUT2D eigenvalue weighted by Gasteiger charge is 2.37. The summed E-state index contributed by atoms with van der Waals surface area (Å²) in [7, 11) is 1.59. The van der Waals surface area contributed by atoms with Crippen molar-refractivity contribution < 1.29 is 14.3 Å². The Kier molecular flexibility index (Phi) is 6.39. The Balaban J connectivity index is 1.72. The summed E-state index contributed by atoms with van der Waals surface area (Å²) in [6, 6.07) is 3.53. The van der Waals surface area contributed by atoms with E-state index in [-0.39, 0.29) is 36.2 Å². The molecule has 2 N–H and O–H groups in total. The number of aliphatic imine (C=N–C) groups is 1. The van der Waals surface area contributed by atoms with Crippen LogP contribution in [0.15, 0.2) is 35.7 Å². The zero-order chi connectivity index (χ0) is 21.7. The van der Waals surface area contributed by atoms with E-state index in [1.54, 1.807) is 32.3 Å². The minimum Gasteiger partial charge on any atom is -0.477 e. The molecule has 0 bridgehead atoms. The quantitative estimate of drug-likeness (QED) is 0.520. The summed E-state index contributed by atoms with van der Waals surface area (Å²) in [6.07, 6.45) is 6.73. The molecule has 0 saturated heterocycles. The fraction of sp³-hybridized carbons (Fsp3) is 0.429. The fourth-order valence-electron chi connectivity index (χ4n) is 3.07. The van der Waals surface area contributed by atoms with Crippen molar-refractivity contribution in [3.05, 3.63) is 47.7 Å². The Hall–Kier alpha value is -3.36. The third-order valence-electron chi connectivity index (χ3n) is 4.98. The Labute approximate surface area is 175 Å². The van der Waals surface area contributed by atoms with Gasteiger partial charge >= 0.3 is 0 Å². The molecule has 2 aromatic rings. The zero-order valence-electron chi connectivity index (χ0n) is 17.5. The summed E-state index contributed by atoms with van der Waals surface area (Å²) in [4.78, 5) is 43.3. The maximum Gasteiger partial charge on any atom is 0.232 e. The van der Waals surface area contributed by atoms with Gasteiger partial charge in [-0.15, -0.1) is 0 Å². The van der Waals surface area contributed by atoms with Crippen LogP contribution < -0.4 is 10.5 Å². The number of guanidine groups is 1. The maximum atomic E-state index is 12.6. The highest BCUT2D eigenvalue weighted by Crippen LogP contribution is 2.31. The van der Waals surface area contributed by atoms with E-state index >= 15 is 0 Å². The van der Waals surface area contributed by atoms with Crippen molar-refractivity contribution in [1.82, 2.24) is 19.9 Å². The number of carbonyl (C=O) groups excluding carboxylic acids is 2. The van der Waals surface area contributed by atoms with Crippen LogP contribution >= 0.6 is 0 Å². The van der Waals surface area contributed by atoms with Crippen LogP contribution in [0.3, 0.4) is 0 Å². The van der Waals surface area contributed by atoms with Crippen molar-refractivity contribution in [2.45, 2.75) is 45.1 Å². The largest absolute Gasteiger partial charge is 0.477 e. The van der Waals surface area contributed by atoms with Crippen LogP contribution in [-0.4, -0.2) is 51.2 Å². The maximum absolute atomic E-state index is 12.6. The van der Waals surface area contributed by atoms with Gasteiger partial charge in [-0.05, 0) is 31.0 Å². The molecule has 9 nitrogen and oxygen atoms in total. The predicted molar refractivity (Wildman–Crippen MR) is 111 cm³/mol. The molecule has 0 spiro atoms. The molecule has 0 saturated carbocycles. The number of carbonyl (C=O) groups is 2. The molecule has 1 amide bonds. The number of nitrogens with zero attached hydrogens (tertiary/aromatic N) is 5. The van der Waals surface area contributed by atoms with E-state index in [2.05, 4.69) is 26.9 Å². The third-order valence-corrected chi connectivity index (χ3v) is 4.98. The number of hydrogen-bond acceptors (Lipinski definition) is 8. The molecule has 1 atom stereocenters. The molecule has 0 aliphatic carbocycles. The normalized spacial score (nSPS) is 18.8. The summed E-state index contributed by atoms with van der Waals surface area (Å²) in [6.45, 7) is 4.46. The van der Waals surface area contributed by atoms with E-state index in [1.807, 2.05) is 0 Å². The number of pyridine rings is 1. The van der Waals surface area contributed by atoms with Gasteiger partial charge in [0.1, 0.15) is 11.2 Å². The van der Waals surface area contributed by atoms with Crippen LogP contribution in [0.2, 0.25) is 0 Å². The zero-order valence-corrected chi connectivity index (χ0v) is 17.5. The molecule has 3 rings (SSSR count). The van der Waals surface area contributed by atoms with Gasteiger partial charge in [-0.25, -0.2) is 15.0 Å². The van der Waals surface area contributed by atoms with E-state index in [0.29, 0.717) is 18.2 Å². The summed E-state index contributed by atoms with van der Waals surface area (Å²) in [5.74, 6) is 0.243. The summed E-state index contributed by atoms with van der Waals surface area (Å²) in [5.41, 5.74) is 6.60. The number of unbranched alkanes of at least 4 members (excludes halogenated alkanes) is 1. The van der Waals surface area contributed by atoms with Crippen LogP contribution in [0, 0.1) is 0 Å². The molecule has 9 heteroatoms. The fourth-order valence-corrected chi connectivity index (χ4v) is 3.07. The number of Topliss-reactive ketones (excluding diaryl/α,β-unsaturated/α-hetero) is 1. The predicted octanol–water partition coefficient (Wildman–Crippen LogP) is 1.87. The lowest BCUT2D eigenvalue weighted by Gasteiger charge is -2.32. The van der Waals surface area contributed by atoms with E-state index in [4.69, 9.17) is 10.5 Å². The lowest BCUT2D eigenvalue weighted by molar-refractivity contribution is -0.128. The number of amides is 1. The van der Waals surface area contributed by atoms with E-state index in [0.717, 1.165) is 18.4 Å². The number of nitrogens with two attached hydrogens (primary N) is 1. The van der Waals surface area contributed by atoms with Crippen molar-refractivity contribution in [3.8, 4) is 5.88 Å². The average molecular weight is 410 g/mol. The highest BCUT2D eigenvalue weighted by molar-refractivity contribution is 5.98. The summed E-state index contributed by atoms with van der Waals surface area (Å²) < 4.78 is 5.47. The van der Waals surface area contributed by atoms with Gasteiger partial charge in [0.2, 0.25) is 11.8 Å². The minimum atomic E-state index is -0.871. The first-order valence-corrected chi connectivity index (χ1v) is 9.87. The Bertz CT molecular complexity index is 959. The molecule has 0 aromatic carbocycles. The molecule has 1 aliphatic rings. The molecule has 158 valence electrons. The Morgan fingerprint density at radius 2 is 2.10 bits per heavy atom. The van der Waals surface area contributed by atoms with Crippen molar-refractivity contribution in [2.24, 2.45) is 10.7 Å². The Morgan fingerprint density at radius 1 is 1.30 bits per heavy atom. The van der Waals surface area contributed by atoms with Gasteiger partial charge in [0.05, 0.1) is 31.1 Å². The summed E-state index contributed by atoms with van der Waals surface area (Å²) >= 11 is 0. The lowest BCUT2D eigenvalue weighted by Crippen LogP contribution is -2.47. The van der Waals surface area contributed by atoms with Crippen LogP contribution in [-0.2, 0) is 16.8 Å². The van der Waals surface area contributed by atoms with Gasteiger partial charge in [0.25, 0.3) is 0 Å². The highest BCUT2D eigenvalue weighted by atomic mass is 16.5. The molecular formula is C21H26N6O3. The smallest absolute Gasteiger partial charge is 0.232 e. The molecular weight excluding hydrogens is 384 g/mol. The SMILES string of the molecule is CCCCOc1cnc(C(=O)Cc2ccnc(C3(C)CC(=O)N(C)C(N)=N3)c2)cn1. The molecule has 1 aliphatic heterocycles. The number of aromatic nitrogens is 3. The van der Waals surface area contributed by atoms with Gasteiger partial charge in [-0.1, -0.05) is 13.3 Å². The second kappa shape index (κ2) is 8.98. The first-order chi connectivity index (χ1) is 14.3. The van der Waals surface area contributed by atoms with Gasteiger partial charge in [-0.2, -0.15) is 0 Å². The molecule has 0 radical (unpaired) electrons. The lowest BCUT2D eigenvalue weighted by atomic mass is 9.90. The molecule has 2 aromatic heterocycles. The van der Waals surface area contributed by atoms with Gasteiger partial charge in [0, 0.05) is 19.7 Å². The second-order valence-corrected chi connectivity index (χ2v) is 7.46. The first-order valence-electron chi connectivity index (χ1n) is 9.87. The van der Waals surface area contributed by atoms with Crippen LogP contribution in [0.4, 0.5) is 0 Å². The Morgan fingerprint density at radius 3 is 2.77 bits per heavy atom. The number of ketones is 1. The van der Waals surface area contributed by atoms with Gasteiger partial charge in [0.15, 0.2) is 11.7 Å². The average Bonchev–Trinajstić information content (AvgIpc) is 2.73. The summed E-state index contributed by atoms with van der Waals surface area (Å²) in [5, 5.41) is 0. The van der Waals surface area contributed by atoms with Crippen LogP contribution in [0.1, 0.15) is 54.9 Å². The van der Waals surface area contributed by atoms with Crippen molar-refractivity contribution >= 4 is 17.6 Å². The van der Waals surface area contributed by atoms with Crippen LogP contribution in [0.25, 0.3) is 0 Å². The number of rotatable bonds is 8. The molecule has 1 unspecified atom stereocenters. The van der Waals surface area contributed by atoms with Gasteiger partial charge in [-0.3, -0.25) is 19.5 Å². The minimum absolute atomic E-state index is 0.128. The number of ether oxygens (including phenoxy) is 1. The topological polar surface area (TPSA) is 124 Å². The van der Waals surface area contributed by atoms with E-state index in [1.165, 1.54) is 17.3 Å². The van der Waals surface area contributed by atoms with Gasteiger partial charge < -0.3 is 10.5 Å². The first kappa shape index (κ1) is 21.4. The molecule has 3 heterocycles. The van der Waals surface area contributed by atoms with E-state index < -0.39 is 5.54 Å². The van der Waals surface area contributed by atoms with Crippen molar-refractivity contribution in [2.75, 3.05) is 13.7 Å². The molecule has 30 heavy (non-hydrogen) atoms. The molecule has 0 fully saturated rings. The number of hydrogen-bond donors (Lipinski definition) is 1. The third kappa shape index (κ3) is 4.79.